The van der Waals surface area contributed by atoms with E-state index >= 15 is 0 Å². The van der Waals surface area contributed by atoms with Crippen molar-refractivity contribution in [3.05, 3.63) is 97.6 Å². The number of carbonyl (C=O) groups excluding carboxylic acids is 3. The first kappa shape index (κ1) is 26.4. The number of hydrogen-bond acceptors (Lipinski definition) is 7. The van der Waals surface area contributed by atoms with E-state index in [1.54, 1.807) is 31.2 Å². The van der Waals surface area contributed by atoms with Crippen molar-refractivity contribution in [3.63, 3.8) is 0 Å². The molecule has 1 fully saturated rings. The number of methoxy groups -OCH3 is 1. The van der Waals surface area contributed by atoms with Crippen LogP contribution in [0.5, 0.6) is 11.5 Å². The molecule has 0 radical (unpaired) electrons. The molecule has 10 nitrogen and oxygen atoms in total. The fraction of sp³-hybridized carbons (Fsp3) is 0.148. The summed E-state index contributed by atoms with van der Waals surface area (Å²) in [5.74, 6) is -1.25. The minimum atomic E-state index is -0.845. The molecule has 1 saturated heterocycles. The average Bonchev–Trinajstić information content (AvgIpc) is 2.86. The zero-order valence-corrected chi connectivity index (χ0v) is 21.4. The Balaban J connectivity index is 1.64. The number of imide groups is 2. The number of benzene rings is 3. The molecular weight excluding hydrogens is 514 g/mol. The molecule has 1 N–H and O–H groups in total. The summed E-state index contributed by atoms with van der Waals surface area (Å²) in [6, 6.07) is 13.3. The highest BCUT2D eigenvalue weighted by Gasteiger charge is 2.37. The Labute approximate surface area is 222 Å². The van der Waals surface area contributed by atoms with E-state index in [0.717, 1.165) is 10.5 Å². The maximum Gasteiger partial charge on any atom is 0.335 e. The van der Waals surface area contributed by atoms with Gasteiger partial charge in [-0.25, -0.2) is 9.69 Å². The lowest BCUT2D eigenvalue weighted by molar-refractivity contribution is -0.384. The molecule has 1 aliphatic heterocycles. The van der Waals surface area contributed by atoms with Crippen molar-refractivity contribution in [1.29, 1.82) is 0 Å². The van der Waals surface area contributed by atoms with E-state index < -0.39 is 22.8 Å². The third-order valence-electron chi connectivity index (χ3n) is 5.76. The predicted molar refractivity (Wildman–Crippen MR) is 140 cm³/mol. The van der Waals surface area contributed by atoms with Gasteiger partial charge in [0.1, 0.15) is 12.2 Å². The normalized spacial score (nSPS) is 14.5. The van der Waals surface area contributed by atoms with Gasteiger partial charge in [0, 0.05) is 12.1 Å². The summed E-state index contributed by atoms with van der Waals surface area (Å²) in [4.78, 5) is 49.8. The van der Waals surface area contributed by atoms with Crippen molar-refractivity contribution in [2.45, 2.75) is 20.5 Å². The third kappa shape index (κ3) is 5.35. The molecule has 4 amide bonds. The van der Waals surface area contributed by atoms with Gasteiger partial charge in [0.15, 0.2) is 11.5 Å². The average molecular weight is 536 g/mol. The molecule has 0 aliphatic carbocycles. The first-order chi connectivity index (χ1) is 18.1. The summed E-state index contributed by atoms with van der Waals surface area (Å²) in [6.45, 7) is 3.63. The smallest absolute Gasteiger partial charge is 0.335 e. The fourth-order valence-electron chi connectivity index (χ4n) is 3.98. The number of halogens is 1. The Morgan fingerprint density at radius 3 is 2.53 bits per heavy atom. The van der Waals surface area contributed by atoms with Gasteiger partial charge in [0.2, 0.25) is 0 Å². The summed E-state index contributed by atoms with van der Waals surface area (Å²) in [6.07, 6.45) is 1.30. The maximum absolute atomic E-state index is 13.3. The molecule has 3 aromatic carbocycles. The number of aryl methyl sites for hydroxylation is 2. The van der Waals surface area contributed by atoms with Gasteiger partial charge in [-0.3, -0.25) is 25.0 Å². The molecule has 1 heterocycles. The number of urea groups is 1. The van der Waals surface area contributed by atoms with Crippen LogP contribution in [0.3, 0.4) is 0 Å². The highest BCUT2D eigenvalue weighted by Crippen LogP contribution is 2.38. The summed E-state index contributed by atoms with van der Waals surface area (Å²) < 4.78 is 11.2. The van der Waals surface area contributed by atoms with Gasteiger partial charge < -0.3 is 9.47 Å². The fourth-order valence-corrected chi connectivity index (χ4v) is 4.25. The van der Waals surface area contributed by atoms with Crippen LogP contribution in [0.2, 0.25) is 5.02 Å². The summed E-state index contributed by atoms with van der Waals surface area (Å²) in [7, 11) is 1.39. The van der Waals surface area contributed by atoms with E-state index in [4.69, 9.17) is 21.1 Å². The molecule has 38 heavy (non-hydrogen) atoms. The number of carbonyl (C=O) groups is 3. The van der Waals surface area contributed by atoms with Crippen molar-refractivity contribution in [2.24, 2.45) is 0 Å². The number of rotatable bonds is 7. The number of amides is 4. The standard InChI is InChI=1S/C27H22ClN3O7/c1-15-7-8-22(16(2)9-15)30-26(33)20(25(32)29-27(30)34)11-18-12-21(28)24(23(13-18)37-3)38-14-17-5-4-6-19(10-17)31(35)36/h4-13H,14H2,1-3H3,(H,29,32,34)/b20-11+. The number of barbiturate groups is 1. The molecule has 3 aromatic rings. The van der Waals surface area contributed by atoms with Crippen LogP contribution in [0.1, 0.15) is 22.3 Å². The van der Waals surface area contributed by atoms with Crippen LogP contribution in [0.25, 0.3) is 6.08 Å². The molecule has 194 valence electrons. The van der Waals surface area contributed by atoms with Gasteiger partial charge >= 0.3 is 6.03 Å². The van der Waals surface area contributed by atoms with Gasteiger partial charge in [-0.2, -0.15) is 0 Å². The van der Waals surface area contributed by atoms with E-state index in [-0.39, 0.29) is 34.4 Å². The van der Waals surface area contributed by atoms with Crippen LogP contribution in [-0.4, -0.2) is 29.9 Å². The topological polar surface area (TPSA) is 128 Å². The lowest BCUT2D eigenvalue weighted by Gasteiger charge is -2.27. The minimum absolute atomic E-state index is 0.0218. The van der Waals surface area contributed by atoms with Crippen molar-refractivity contribution in [1.82, 2.24) is 5.32 Å². The van der Waals surface area contributed by atoms with Gasteiger partial charge in [0.25, 0.3) is 17.5 Å². The van der Waals surface area contributed by atoms with Crippen molar-refractivity contribution < 1.29 is 28.8 Å². The molecular formula is C27H22ClN3O7. The van der Waals surface area contributed by atoms with Crippen LogP contribution in [0, 0.1) is 24.0 Å². The third-order valence-corrected chi connectivity index (χ3v) is 6.04. The first-order valence-electron chi connectivity index (χ1n) is 11.3. The number of nitrogens with one attached hydrogen (secondary N) is 1. The first-order valence-corrected chi connectivity index (χ1v) is 11.7. The number of nitro groups is 1. The molecule has 4 rings (SSSR count). The largest absolute Gasteiger partial charge is 0.493 e. The Morgan fingerprint density at radius 2 is 1.84 bits per heavy atom. The van der Waals surface area contributed by atoms with E-state index in [9.17, 15) is 24.5 Å². The van der Waals surface area contributed by atoms with Crippen molar-refractivity contribution in [2.75, 3.05) is 12.0 Å². The Morgan fingerprint density at radius 1 is 1.08 bits per heavy atom. The molecule has 0 atom stereocenters. The molecule has 11 heteroatoms. The van der Waals surface area contributed by atoms with Crippen LogP contribution in [0.15, 0.2) is 60.2 Å². The summed E-state index contributed by atoms with van der Waals surface area (Å²) >= 11 is 6.44. The Kier molecular flexibility index (Phi) is 7.45. The van der Waals surface area contributed by atoms with E-state index in [1.165, 1.54) is 37.5 Å². The summed E-state index contributed by atoms with van der Waals surface area (Å²) in [5, 5.41) is 13.3. The molecule has 0 saturated carbocycles. The monoisotopic (exact) mass is 535 g/mol. The number of ether oxygens (including phenoxy) is 2. The second kappa shape index (κ2) is 10.7. The van der Waals surface area contributed by atoms with Crippen molar-refractivity contribution >= 4 is 46.9 Å². The molecule has 0 spiro atoms. The molecule has 0 bridgehead atoms. The molecule has 0 aromatic heterocycles. The van der Waals surface area contributed by atoms with Crippen LogP contribution >= 0.6 is 11.6 Å². The van der Waals surface area contributed by atoms with Gasteiger partial charge in [-0.1, -0.05) is 41.4 Å². The van der Waals surface area contributed by atoms with Gasteiger partial charge in [-0.15, -0.1) is 0 Å². The predicted octanol–water partition coefficient (Wildman–Crippen LogP) is 5.12. The van der Waals surface area contributed by atoms with E-state index in [0.29, 0.717) is 22.4 Å². The van der Waals surface area contributed by atoms with Gasteiger partial charge in [0.05, 0.1) is 22.7 Å². The SMILES string of the molecule is COc1cc(/C=C2\C(=O)NC(=O)N(c3ccc(C)cc3C)C2=O)cc(Cl)c1OCc1cccc([N+](=O)[O-])c1. The Bertz CT molecular complexity index is 1520. The lowest BCUT2D eigenvalue weighted by atomic mass is 10.0. The minimum Gasteiger partial charge on any atom is -0.493 e. The number of non-ortho nitro benzene ring substituents is 1. The molecule has 0 unspecified atom stereocenters. The quantitative estimate of drug-likeness (QED) is 0.192. The van der Waals surface area contributed by atoms with Crippen LogP contribution < -0.4 is 19.7 Å². The number of hydrogen-bond donors (Lipinski definition) is 1. The van der Waals surface area contributed by atoms with Crippen LogP contribution in [0.4, 0.5) is 16.2 Å². The molecule has 1 aliphatic rings. The summed E-state index contributed by atoms with van der Waals surface area (Å²) in [5.41, 5.74) is 2.56. The van der Waals surface area contributed by atoms with E-state index in [1.807, 2.05) is 13.0 Å². The van der Waals surface area contributed by atoms with Crippen molar-refractivity contribution in [3.8, 4) is 11.5 Å². The zero-order valence-electron chi connectivity index (χ0n) is 20.6. The number of anilines is 1. The Hall–Kier alpha value is -4.70. The highest BCUT2D eigenvalue weighted by molar-refractivity contribution is 6.39. The lowest BCUT2D eigenvalue weighted by Crippen LogP contribution is -2.54. The number of nitrogens with zero attached hydrogens (tertiary/aromatic N) is 2. The number of nitro benzene ring substituents is 1. The maximum atomic E-state index is 13.3. The highest BCUT2D eigenvalue weighted by atomic mass is 35.5. The zero-order chi connectivity index (χ0) is 27.6. The van der Waals surface area contributed by atoms with Crippen LogP contribution in [-0.2, 0) is 16.2 Å². The second-order valence-corrected chi connectivity index (χ2v) is 8.90. The van der Waals surface area contributed by atoms with E-state index in [2.05, 4.69) is 5.32 Å². The van der Waals surface area contributed by atoms with Gasteiger partial charge in [-0.05, 0) is 54.8 Å². The second-order valence-electron chi connectivity index (χ2n) is 8.50.